The molecule has 4 rings (SSSR count). The van der Waals surface area contributed by atoms with Gasteiger partial charge >= 0.3 is 0 Å². The Bertz CT molecular complexity index is 1430. The topological polar surface area (TPSA) is 84.3 Å². The molecule has 0 aliphatic heterocycles. The summed E-state index contributed by atoms with van der Waals surface area (Å²) < 4.78 is 30.4. The van der Waals surface area contributed by atoms with Gasteiger partial charge in [0.15, 0.2) is 0 Å². The van der Waals surface area contributed by atoms with Crippen molar-refractivity contribution < 1.29 is 13.2 Å². The Morgan fingerprint density at radius 3 is 2.43 bits per heavy atom. The smallest absolute Gasteiger partial charge is 0.264 e. The van der Waals surface area contributed by atoms with Crippen molar-refractivity contribution >= 4 is 21.6 Å². The minimum atomic E-state index is -3.97. The Morgan fingerprint density at radius 1 is 0.971 bits per heavy atom. The number of nitrogens with zero attached hydrogens (tertiary/aromatic N) is 3. The second-order valence-corrected chi connectivity index (χ2v) is 10.3. The van der Waals surface area contributed by atoms with Crippen LogP contribution < -0.4 is 9.62 Å². The van der Waals surface area contributed by atoms with Gasteiger partial charge in [-0.1, -0.05) is 48.0 Å². The van der Waals surface area contributed by atoms with Gasteiger partial charge in [0.1, 0.15) is 6.54 Å². The number of imidazole rings is 1. The number of carbonyl (C=O) groups is 1. The molecule has 0 aliphatic rings. The van der Waals surface area contributed by atoms with Crippen molar-refractivity contribution in [2.24, 2.45) is 0 Å². The summed E-state index contributed by atoms with van der Waals surface area (Å²) in [5, 5.41) is 2.89. The molecule has 0 aliphatic carbocycles. The number of carbonyl (C=O) groups excluding carboxylic acids is 1. The molecule has 8 heteroatoms. The van der Waals surface area contributed by atoms with E-state index in [9.17, 15) is 13.2 Å². The van der Waals surface area contributed by atoms with E-state index in [0.717, 1.165) is 27.9 Å². The van der Waals surface area contributed by atoms with E-state index in [2.05, 4.69) is 10.3 Å². The molecule has 0 saturated heterocycles. The van der Waals surface area contributed by atoms with Crippen molar-refractivity contribution in [3.05, 3.63) is 108 Å². The van der Waals surface area contributed by atoms with Gasteiger partial charge in [-0.2, -0.15) is 0 Å². The normalized spacial score (nSPS) is 11.3. The molecule has 1 heterocycles. The fourth-order valence-electron chi connectivity index (χ4n) is 3.84. The van der Waals surface area contributed by atoms with Crippen LogP contribution in [0.25, 0.3) is 5.69 Å². The van der Waals surface area contributed by atoms with E-state index in [1.54, 1.807) is 48.9 Å². The second kappa shape index (κ2) is 10.1. The van der Waals surface area contributed by atoms with Gasteiger partial charge < -0.3 is 9.88 Å². The molecule has 0 spiro atoms. The molecule has 4 aromatic rings. The predicted octanol–water partition coefficient (Wildman–Crippen LogP) is 4.31. The molecule has 0 atom stereocenters. The highest BCUT2D eigenvalue weighted by molar-refractivity contribution is 7.92. The number of benzene rings is 3. The maximum Gasteiger partial charge on any atom is 0.264 e. The average molecular weight is 489 g/mol. The van der Waals surface area contributed by atoms with Crippen LogP contribution in [-0.2, 0) is 21.4 Å². The van der Waals surface area contributed by atoms with Gasteiger partial charge in [0.05, 0.1) is 22.6 Å². The SMILES string of the molecule is Cc1ccc(S(=O)(=O)N(CC(=O)NCc2ccccc2-n2ccnc2)c2cccc(C)c2C)cc1. The van der Waals surface area contributed by atoms with E-state index < -0.39 is 15.9 Å². The van der Waals surface area contributed by atoms with Crippen LogP contribution in [0.1, 0.15) is 22.3 Å². The Kier molecular flexibility index (Phi) is 7.02. The zero-order chi connectivity index (χ0) is 25.0. The van der Waals surface area contributed by atoms with E-state index in [-0.39, 0.29) is 18.0 Å². The van der Waals surface area contributed by atoms with Crippen LogP contribution in [-0.4, -0.2) is 30.4 Å². The molecule has 1 aromatic heterocycles. The summed E-state index contributed by atoms with van der Waals surface area (Å²) in [6, 6.07) is 19.8. The first-order valence-corrected chi connectivity index (χ1v) is 12.7. The number of aryl methyl sites for hydroxylation is 2. The molecule has 1 N–H and O–H groups in total. The highest BCUT2D eigenvalue weighted by Gasteiger charge is 2.28. The summed E-state index contributed by atoms with van der Waals surface area (Å²) in [6.07, 6.45) is 5.21. The fraction of sp³-hybridized carbons (Fsp3) is 0.185. The fourth-order valence-corrected chi connectivity index (χ4v) is 5.32. The molecule has 0 unspecified atom stereocenters. The minimum Gasteiger partial charge on any atom is -0.350 e. The summed E-state index contributed by atoms with van der Waals surface area (Å²) in [4.78, 5) is 17.3. The first kappa shape index (κ1) is 24.2. The Hall–Kier alpha value is -3.91. The van der Waals surface area contributed by atoms with E-state index in [4.69, 9.17) is 0 Å². The van der Waals surface area contributed by atoms with Gasteiger partial charge in [-0.05, 0) is 61.7 Å². The number of para-hydroxylation sites is 1. The van der Waals surface area contributed by atoms with Crippen molar-refractivity contribution in [1.29, 1.82) is 0 Å². The van der Waals surface area contributed by atoms with Crippen LogP contribution in [0.15, 0.2) is 90.3 Å². The first-order chi connectivity index (χ1) is 16.8. The molecular formula is C27H28N4O3S. The lowest BCUT2D eigenvalue weighted by Crippen LogP contribution is -2.41. The van der Waals surface area contributed by atoms with Gasteiger partial charge in [0.2, 0.25) is 5.91 Å². The summed E-state index contributed by atoms with van der Waals surface area (Å²) >= 11 is 0. The lowest BCUT2D eigenvalue weighted by atomic mass is 10.1. The summed E-state index contributed by atoms with van der Waals surface area (Å²) in [5.41, 5.74) is 4.97. The second-order valence-electron chi connectivity index (χ2n) is 8.42. The number of nitrogens with one attached hydrogen (secondary N) is 1. The van der Waals surface area contributed by atoms with Crippen molar-refractivity contribution in [2.75, 3.05) is 10.8 Å². The van der Waals surface area contributed by atoms with Gasteiger partial charge in [-0.15, -0.1) is 0 Å². The maximum absolute atomic E-state index is 13.7. The number of hydrogen-bond acceptors (Lipinski definition) is 4. The standard InChI is InChI=1S/C27H28N4O3S/c1-20-11-13-24(14-12-20)35(33,34)31(25-10-6-7-21(2)22(25)3)18-27(32)29-17-23-8-4-5-9-26(23)30-16-15-28-19-30/h4-16,19H,17-18H2,1-3H3,(H,29,32). The maximum atomic E-state index is 13.7. The number of hydrogen-bond donors (Lipinski definition) is 1. The van der Waals surface area contributed by atoms with Crippen LogP contribution in [0.4, 0.5) is 5.69 Å². The minimum absolute atomic E-state index is 0.141. The van der Waals surface area contributed by atoms with E-state index in [1.807, 2.05) is 61.9 Å². The molecule has 7 nitrogen and oxygen atoms in total. The number of amides is 1. The highest BCUT2D eigenvalue weighted by Crippen LogP contribution is 2.28. The Morgan fingerprint density at radius 2 is 1.71 bits per heavy atom. The monoisotopic (exact) mass is 488 g/mol. The molecule has 180 valence electrons. The van der Waals surface area contributed by atoms with Crippen LogP contribution >= 0.6 is 0 Å². The summed E-state index contributed by atoms with van der Waals surface area (Å²) in [7, 11) is -3.97. The molecule has 35 heavy (non-hydrogen) atoms. The zero-order valence-electron chi connectivity index (χ0n) is 20.0. The van der Waals surface area contributed by atoms with E-state index in [1.165, 1.54) is 4.31 Å². The molecule has 0 fully saturated rings. The molecule has 0 bridgehead atoms. The average Bonchev–Trinajstić information content (AvgIpc) is 3.38. The zero-order valence-corrected chi connectivity index (χ0v) is 20.8. The van der Waals surface area contributed by atoms with Crippen molar-refractivity contribution in [3.8, 4) is 5.69 Å². The molecule has 3 aromatic carbocycles. The molecule has 1 amide bonds. The molecule has 0 saturated carbocycles. The molecule has 0 radical (unpaired) electrons. The molecular weight excluding hydrogens is 460 g/mol. The lowest BCUT2D eigenvalue weighted by molar-refractivity contribution is -0.119. The van der Waals surface area contributed by atoms with Crippen LogP contribution in [0.2, 0.25) is 0 Å². The number of aromatic nitrogens is 2. The highest BCUT2D eigenvalue weighted by atomic mass is 32.2. The summed E-state index contributed by atoms with van der Waals surface area (Å²) in [6.45, 7) is 5.59. The quantitative estimate of drug-likeness (QED) is 0.401. The van der Waals surface area contributed by atoms with Crippen LogP contribution in [0.3, 0.4) is 0 Å². The van der Waals surface area contributed by atoms with E-state index in [0.29, 0.717) is 5.69 Å². The van der Waals surface area contributed by atoms with Gasteiger partial charge in [-0.25, -0.2) is 13.4 Å². The third kappa shape index (κ3) is 5.27. The van der Waals surface area contributed by atoms with Gasteiger partial charge in [-0.3, -0.25) is 9.10 Å². The van der Waals surface area contributed by atoms with Crippen molar-refractivity contribution in [2.45, 2.75) is 32.2 Å². The summed E-state index contributed by atoms with van der Waals surface area (Å²) in [5.74, 6) is -0.401. The Balaban J connectivity index is 1.61. The first-order valence-electron chi connectivity index (χ1n) is 11.3. The van der Waals surface area contributed by atoms with Crippen LogP contribution in [0, 0.1) is 20.8 Å². The predicted molar refractivity (Wildman–Crippen MR) is 137 cm³/mol. The largest absolute Gasteiger partial charge is 0.350 e. The number of sulfonamides is 1. The van der Waals surface area contributed by atoms with Gasteiger partial charge in [0, 0.05) is 18.9 Å². The van der Waals surface area contributed by atoms with Crippen molar-refractivity contribution in [1.82, 2.24) is 14.9 Å². The van der Waals surface area contributed by atoms with E-state index >= 15 is 0 Å². The van der Waals surface area contributed by atoms with Gasteiger partial charge in [0.25, 0.3) is 10.0 Å². The Labute approximate surface area is 206 Å². The van der Waals surface area contributed by atoms with Crippen molar-refractivity contribution in [3.63, 3.8) is 0 Å². The van der Waals surface area contributed by atoms with Crippen LogP contribution in [0.5, 0.6) is 0 Å². The third-order valence-corrected chi connectivity index (χ3v) is 7.77. The number of anilines is 1. The number of rotatable bonds is 8. The lowest BCUT2D eigenvalue weighted by Gasteiger charge is -2.26. The third-order valence-electron chi connectivity index (χ3n) is 5.99.